The maximum absolute atomic E-state index is 5.64. The van der Waals surface area contributed by atoms with Crippen LogP contribution in [0.3, 0.4) is 0 Å². The Morgan fingerprint density at radius 1 is 1.33 bits per heavy atom. The molecule has 1 heterocycles. The Hall–Kier alpha value is -1.16. The van der Waals surface area contributed by atoms with E-state index in [1.54, 1.807) is 6.20 Å². The highest BCUT2D eigenvalue weighted by atomic mass is 32.1. The third kappa shape index (κ3) is 3.42. The number of aromatic nitrogens is 1. The molecule has 0 saturated heterocycles. The van der Waals surface area contributed by atoms with Crippen molar-refractivity contribution < 1.29 is 0 Å². The van der Waals surface area contributed by atoms with E-state index in [2.05, 4.69) is 24.1 Å². The zero-order valence-electron chi connectivity index (χ0n) is 11.0. The fourth-order valence-electron chi connectivity index (χ4n) is 2.94. The molecule has 0 spiro atoms. The molecular weight excluding hydrogens is 242 g/mol. The van der Waals surface area contributed by atoms with Gasteiger partial charge in [0.05, 0.1) is 0 Å². The van der Waals surface area contributed by atoms with Gasteiger partial charge in [0.15, 0.2) is 0 Å². The standard InChI is InChI=1S/C14H21N3S/c1-9-5-10(2)7-12(6-9)17-13-8-11(14(15)18)3-4-16-13/h3-4,8-10,12H,5-7H2,1-2H3,(H2,15,18)(H,16,17). The van der Waals surface area contributed by atoms with E-state index in [1.165, 1.54) is 19.3 Å². The number of pyridine rings is 1. The summed E-state index contributed by atoms with van der Waals surface area (Å²) in [6, 6.07) is 4.30. The Balaban J connectivity index is 2.04. The average Bonchev–Trinajstić information content (AvgIpc) is 2.27. The van der Waals surface area contributed by atoms with Gasteiger partial charge in [-0.25, -0.2) is 4.98 Å². The molecule has 3 N–H and O–H groups in total. The third-order valence-corrected chi connectivity index (χ3v) is 3.81. The summed E-state index contributed by atoms with van der Waals surface area (Å²) < 4.78 is 0. The van der Waals surface area contributed by atoms with Gasteiger partial charge in [-0.05, 0) is 43.2 Å². The predicted molar refractivity (Wildman–Crippen MR) is 79.7 cm³/mol. The molecule has 1 fully saturated rings. The summed E-state index contributed by atoms with van der Waals surface area (Å²) in [6.07, 6.45) is 5.51. The molecule has 98 valence electrons. The first-order valence-electron chi connectivity index (χ1n) is 6.57. The lowest BCUT2D eigenvalue weighted by molar-refractivity contribution is 0.280. The summed E-state index contributed by atoms with van der Waals surface area (Å²) in [6.45, 7) is 4.65. The third-order valence-electron chi connectivity index (χ3n) is 3.57. The molecule has 0 amide bonds. The minimum absolute atomic E-state index is 0.422. The van der Waals surface area contributed by atoms with Crippen LogP contribution >= 0.6 is 12.2 Å². The molecule has 2 unspecified atom stereocenters. The second-order valence-corrected chi connectivity index (χ2v) is 5.99. The van der Waals surface area contributed by atoms with Gasteiger partial charge >= 0.3 is 0 Å². The van der Waals surface area contributed by atoms with Crippen molar-refractivity contribution in [1.82, 2.24) is 4.98 Å². The summed E-state index contributed by atoms with van der Waals surface area (Å²) in [5.74, 6) is 2.45. The predicted octanol–water partition coefficient (Wildman–Crippen LogP) is 2.95. The molecule has 0 aliphatic heterocycles. The van der Waals surface area contributed by atoms with E-state index >= 15 is 0 Å². The van der Waals surface area contributed by atoms with Gasteiger partial charge in [0.25, 0.3) is 0 Å². The highest BCUT2D eigenvalue weighted by Crippen LogP contribution is 2.30. The van der Waals surface area contributed by atoms with E-state index < -0.39 is 0 Å². The van der Waals surface area contributed by atoms with Gasteiger partial charge in [-0.15, -0.1) is 0 Å². The zero-order chi connectivity index (χ0) is 13.1. The topological polar surface area (TPSA) is 50.9 Å². The van der Waals surface area contributed by atoms with Crippen molar-refractivity contribution >= 4 is 23.0 Å². The Labute approximate surface area is 114 Å². The van der Waals surface area contributed by atoms with Crippen LogP contribution in [0, 0.1) is 11.8 Å². The zero-order valence-corrected chi connectivity index (χ0v) is 11.8. The molecule has 0 radical (unpaired) electrons. The van der Waals surface area contributed by atoms with Gasteiger partial charge in [-0.1, -0.05) is 26.1 Å². The first-order valence-corrected chi connectivity index (χ1v) is 6.98. The van der Waals surface area contributed by atoms with Crippen molar-refractivity contribution in [3.05, 3.63) is 23.9 Å². The molecule has 1 aromatic heterocycles. The van der Waals surface area contributed by atoms with Crippen LogP contribution in [0.2, 0.25) is 0 Å². The molecule has 18 heavy (non-hydrogen) atoms. The molecule has 1 aliphatic carbocycles. The maximum Gasteiger partial charge on any atom is 0.126 e. The minimum atomic E-state index is 0.422. The van der Waals surface area contributed by atoms with Crippen molar-refractivity contribution in [2.45, 2.75) is 39.2 Å². The number of nitrogens with one attached hydrogen (secondary N) is 1. The number of anilines is 1. The second-order valence-electron chi connectivity index (χ2n) is 5.55. The lowest BCUT2D eigenvalue weighted by Crippen LogP contribution is -2.30. The molecule has 2 atom stereocenters. The van der Waals surface area contributed by atoms with E-state index in [-0.39, 0.29) is 0 Å². The fraction of sp³-hybridized carbons (Fsp3) is 0.571. The van der Waals surface area contributed by atoms with Crippen LogP contribution in [0.4, 0.5) is 5.82 Å². The van der Waals surface area contributed by atoms with Crippen LogP contribution in [0.15, 0.2) is 18.3 Å². The van der Waals surface area contributed by atoms with Crippen LogP contribution in [0.25, 0.3) is 0 Å². The molecular formula is C14H21N3S. The first-order chi connectivity index (χ1) is 8.54. The van der Waals surface area contributed by atoms with Crippen molar-refractivity contribution in [3.8, 4) is 0 Å². The number of nitrogens with two attached hydrogens (primary N) is 1. The van der Waals surface area contributed by atoms with Crippen LogP contribution in [0.5, 0.6) is 0 Å². The summed E-state index contributed by atoms with van der Waals surface area (Å²) in [5, 5.41) is 3.51. The highest BCUT2D eigenvalue weighted by Gasteiger charge is 2.23. The molecule has 1 saturated carbocycles. The molecule has 3 nitrogen and oxygen atoms in total. The maximum atomic E-state index is 5.64. The number of hydrogen-bond donors (Lipinski definition) is 2. The lowest BCUT2D eigenvalue weighted by Gasteiger charge is -2.32. The summed E-state index contributed by atoms with van der Waals surface area (Å²) in [4.78, 5) is 4.76. The van der Waals surface area contributed by atoms with Gasteiger partial charge in [-0.2, -0.15) is 0 Å². The average molecular weight is 263 g/mol. The molecule has 0 aromatic carbocycles. The van der Waals surface area contributed by atoms with Gasteiger partial charge in [0, 0.05) is 17.8 Å². The quantitative estimate of drug-likeness (QED) is 0.823. The summed E-state index contributed by atoms with van der Waals surface area (Å²) in [7, 11) is 0. The van der Waals surface area contributed by atoms with Crippen LogP contribution < -0.4 is 11.1 Å². The van der Waals surface area contributed by atoms with Crippen LogP contribution in [-0.2, 0) is 0 Å². The van der Waals surface area contributed by atoms with Gasteiger partial charge in [0.1, 0.15) is 10.8 Å². The van der Waals surface area contributed by atoms with Crippen LogP contribution in [-0.4, -0.2) is 16.0 Å². The van der Waals surface area contributed by atoms with E-state index in [4.69, 9.17) is 18.0 Å². The van der Waals surface area contributed by atoms with Gasteiger partial charge in [-0.3, -0.25) is 0 Å². The lowest BCUT2D eigenvalue weighted by atomic mass is 9.80. The molecule has 1 aromatic rings. The van der Waals surface area contributed by atoms with Gasteiger partial charge in [0.2, 0.25) is 0 Å². The number of hydrogen-bond acceptors (Lipinski definition) is 3. The molecule has 0 bridgehead atoms. The minimum Gasteiger partial charge on any atom is -0.389 e. The van der Waals surface area contributed by atoms with Crippen molar-refractivity contribution in [1.29, 1.82) is 0 Å². The molecule has 1 aliphatic rings. The Kier molecular flexibility index (Phi) is 4.17. The second kappa shape index (κ2) is 5.65. The Morgan fingerprint density at radius 2 is 2.00 bits per heavy atom. The van der Waals surface area contributed by atoms with E-state index in [1.807, 2.05) is 12.1 Å². The van der Waals surface area contributed by atoms with Crippen LogP contribution in [0.1, 0.15) is 38.7 Å². The number of rotatable bonds is 3. The summed E-state index contributed by atoms with van der Waals surface area (Å²) in [5.41, 5.74) is 6.51. The summed E-state index contributed by atoms with van der Waals surface area (Å²) >= 11 is 4.99. The number of thiocarbonyl (C=S) groups is 1. The SMILES string of the molecule is CC1CC(C)CC(Nc2cc(C(N)=S)ccn2)C1. The fourth-order valence-corrected chi connectivity index (χ4v) is 3.06. The van der Waals surface area contributed by atoms with Crippen molar-refractivity contribution in [2.24, 2.45) is 17.6 Å². The smallest absolute Gasteiger partial charge is 0.126 e. The highest BCUT2D eigenvalue weighted by molar-refractivity contribution is 7.80. The van der Waals surface area contributed by atoms with E-state index in [9.17, 15) is 0 Å². The largest absolute Gasteiger partial charge is 0.389 e. The van der Waals surface area contributed by atoms with E-state index in [0.717, 1.165) is 23.2 Å². The van der Waals surface area contributed by atoms with Gasteiger partial charge < -0.3 is 11.1 Å². The van der Waals surface area contributed by atoms with Crippen molar-refractivity contribution in [2.75, 3.05) is 5.32 Å². The normalized spacial score (nSPS) is 27.8. The number of nitrogens with zero attached hydrogens (tertiary/aromatic N) is 1. The van der Waals surface area contributed by atoms with E-state index in [0.29, 0.717) is 11.0 Å². The molecule has 2 rings (SSSR count). The van der Waals surface area contributed by atoms with Crippen molar-refractivity contribution in [3.63, 3.8) is 0 Å². The Bertz CT molecular complexity index is 423. The first kappa shape index (κ1) is 13.3. The monoisotopic (exact) mass is 263 g/mol. The molecule has 4 heteroatoms. The Morgan fingerprint density at radius 3 is 2.61 bits per heavy atom.